The Morgan fingerprint density at radius 3 is 2.43 bits per heavy atom. The topological polar surface area (TPSA) is 92.2 Å². The molecule has 1 fully saturated rings. The van der Waals surface area contributed by atoms with Crippen LogP contribution >= 0.6 is 0 Å². The molecule has 30 heavy (non-hydrogen) atoms. The van der Waals surface area contributed by atoms with Crippen LogP contribution in [0.15, 0.2) is 35.4 Å². The van der Waals surface area contributed by atoms with E-state index in [1.165, 1.54) is 4.31 Å². The Hall–Kier alpha value is -2.65. The number of rotatable bonds is 5. The molecule has 1 aliphatic rings. The number of fused-ring (bicyclic) bond motifs is 1. The van der Waals surface area contributed by atoms with Crippen molar-refractivity contribution in [3.05, 3.63) is 47.4 Å². The van der Waals surface area contributed by atoms with Gasteiger partial charge in [0.05, 0.1) is 16.9 Å². The summed E-state index contributed by atoms with van der Waals surface area (Å²) in [5, 5.41) is 9.40. The molecule has 1 aromatic carbocycles. The highest BCUT2D eigenvalue weighted by Crippen LogP contribution is 2.26. The molecule has 1 saturated heterocycles. The second-order valence-electron chi connectivity index (χ2n) is 7.44. The average Bonchev–Trinajstić information content (AvgIpc) is 2.78. The number of piperazine rings is 1. The zero-order valence-corrected chi connectivity index (χ0v) is 18.4. The van der Waals surface area contributed by atoms with Crippen LogP contribution in [0.25, 0.3) is 10.9 Å². The number of hydrogen-bond donors (Lipinski definition) is 0. The van der Waals surface area contributed by atoms with Gasteiger partial charge in [-0.25, -0.2) is 13.4 Å². The molecule has 1 aliphatic heterocycles. The normalized spacial score (nSPS) is 15.6. The van der Waals surface area contributed by atoms with Gasteiger partial charge in [-0.1, -0.05) is 26.0 Å². The minimum Gasteiger partial charge on any atom is -0.337 e. The molecular formula is C21H26N6O2S. The summed E-state index contributed by atoms with van der Waals surface area (Å²) in [5.41, 5.74) is 3.39. The fourth-order valence-electron chi connectivity index (χ4n) is 3.78. The summed E-state index contributed by atoms with van der Waals surface area (Å²) in [4.78, 5) is 11.3. The second kappa shape index (κ2) is 8.23. The van der Waals surface area contributed by atoms with E-state index in [4.69, 9.17) is 0 Å². The van der Waals surface area contributed by atoms with E-state index in [1.54, 1.807) is 18.3 Å². The first-order valence-corrected chi connectivity index (χ1v) is 11.7. The third-order valence-electron chi connectivity index (χ3n) is 5.45. The van der Waals surface area contributed by atoms with Crippen molar-refractivity contribution in [2.45, 2.75) is 38.5 Å². The van der Waals surface area contributed by atoms with Gasteiger partial charge in [-0.2, -0.15) is 9.40 Å². The first-order valence-electron chi connectivity index (χ1n) is 10.3. The number of aromatic nitrogens is 4. The van der Waals surface area contributed by atoms with E-state index in [-0.39, 0.29) is 4.90 Å². The molecule has 0 amide bonds. The van der Waals surface area contributed by atoms with Crippen LogP contribution < -0.4 is 4.90 Å². The van der Waals surface area contributed by atoms with Gasteiger partial charge >= 0.3 is 0 Å². The largest absolute Gasteiger partial charge is 0.337 e. The molecule has 0 aliphatic carbocycles. The average molecular weight is 427 g/mol. The van der Waals surface area contributed by atoms with Crippen LogP contribution in [-0.4, -0.2) is 59.1 Å². The van der Waals surface area contributed by atoms with E-state index in [0.29, 0.717) is 37.6 Å². The van der Waals surface area contributed by atoms with Crippen LogP contribution in [-0.2, 0) is 22.9 Å². The van der Waals surface area contributed by atoms with Gasteiger partial charge in [0.2, 0.25) is 16.0 Å². The lowest BCUT2D eigenvalue weighted by Gasteiger charge is -2.34. The van der Waals surface area contributed by atoms with Gasteiger partial charge in [-0.05, 0) is 37.5 Å². The molecule has 2 aromatic heterocycles. The number of sulfonamides is 1. The summed E-state index contributed by atoms with van der Waals surface area (Å²) in [7, 11) is -3.64. The number of anilines is 1. The lowest BCUT2D eigenvalue weighted by Crippen LogP contribution is -2.49. The van der Waals surface area contributed by atoms with Crippen LogP contribution in [0.4, 0.5) is 5.95 Å². The maximum absolute atomic E-state index is 13.3. The molecule has 0 atom stereocenters. The highest BCUT2D eigenvalue weighted by atomic mass is 32.2. The fourth-order valence-corrected chi connectivity index (χ4v) is 5.37. The molecule has 0 radical (unpaired) electrons. The third kappa shape index (κ3) is 3.75. The zero-order valence-electron chi connectivity index (χ0n) is 17.5. The zero-order chi connectivity index (χ0) is 21.3. The van der Waals surface area contributed by atoms with E-state index in [9.17, 15) is 8.42 Å². The molecule has 9 heteroatoms. The Morgan fingerprint density at radius 1 is 1.00 bits per heavy atom. The van der Waals surface area contributed by atoms with Gasteiger partial charge in [0, 0.05) is 37.8 Å². The number of aryl methyl sites for hydroxylation is 3. The van der Waals surface area contributed by atoms with E-state index >= 15 is 0 Å². The molecule has 4 rings (SSSR count). The molecular weight excluding hydrogens is 400 g/mol. The summed E-state index contributed by atoms with van der Waals surface area (Å²) in [6.07, 6.45) is 3.30. The molecule has 158 valence electrons. The first kappa shape index (κ1) is 20.6. The van der Waals surface area contributed by atoms with Crippen molar-refractivity contribution >= 4 is 26.9 Å². The van der Waals surface area contributed by atoms with Crippen molar-refractivity contribution in [3.63, 3.8) is 0 Å². The van der Waals surface area contributed by atoms with Gasteiger partial charge in [-0.15, -0.1) is 5.10 Å². The smallest absolute Gasteiger partial charge is 0.245 e. The van der Waals surface area contributed by atoms with E-state index in [0.717, 1.165) is 35.2 Å². The standard InChI is InChI=1S/C21H26N6O2S/c1-4-17-18(5-2)24-25-21(23-17)26-9-11-27(12-10-26)30(28,29)19-8-6-7-16-13-15(3)14-22-20(16)19/h6-8,13-14H,4-5,9-12H2,1-3H3. The van der Waals surface area contributed by atoms with Crippen LogP contribution in [0, 0.1) is 6.92 Å². The number of hydrogen-bond acceptors (Lipinski definition) is 7. The predicted molar refractivity (Wildman–Crippen MR) is 116 cm³/mol. The summed E-state index contributed by atoms with van der Waals surface area (Å²) in [6.45, 7) is 7.81. The van der Waals surface area contributed by atoms with Crippen LogP contribution in [0.3, 0.4) is 0 Å². The highest BCUT2D eigenvalue weighted by Gasteiger charge is 2.31. The minimum atomic E-state index is -3.64. The number of benzene rings is 1. The van der Waals surface area contributed by atoms with Gasteiger partial charge in [0.1, 0.15) is 4.90 Å². The van der Waals surface area contributed by atoms with Crippen molar-refractivity contribution in [1.82, 2.24) is 24.5 Å². The molecule has 0 bridgehead atoms. The summed E-state index contributed by atoms with van der Waals surface area (Å²) in [5.74, 6) is 0.573. The number of nitrogens with zero attached hydrogens (tertiary/aromatic N) is 6. The van der Waals surface area contributed by atoms with E-state index in [1.807, 2.05) is 30.9 Å². The van der Waals surface area contributed by atoms with Crippen molar-refractivity contribution < 1.29 is 8.42 Å². The Bertz CT molecular complexity index is 1170. The van der Waals surface area contributed by atoms with Crippen molar-refractivity contribution in [1.29, 1.82) is 0 Å². The predicted octanol–water partition coefficient (Wildman–Crippen LogP) is 2.36. The Kier molecular flexibility index (Phi) is 5.66. The lowest BCUT2D eigenvalue weighted by molar-refractivity contribution is 0.382. The number of pyridine rings is 1. The number of para-hydroxylation sites is 1. The molecule has 3 heterocycles. The monoisotopic (exact) mass is 426 g/mol. The molecule has 0 unspecified atom stereocenters. The summed E-state index contributed by atoms with van der Waals surface area (Å²) < 4.78 is 28.2. The van der Waals surface area contributed by atoms with Crippen molar-refractivity contribution in [3.8, 4) is 0 Å². The minimum absolute atomic E-state index is 0.256. The van der Waals surface area contributed by atoms with Crippen molar-refractivity contribution in [2.75, 3.05) is 31.1 Å². The Labute approximate surface area is 177 Å². The van der Waals surface area contributed by atoms with Crippen LogP contribution in [0.5, 0.6) is 0 Å². The van der Waals surface area contributed by atoms with Gasteiger partial charge in [0.25, 0.3) is 0 Å². The summed E-state index contributed by atoms with van der Waals surface area (Å²) in [6, 6.07) is 7.25. The third-order valence-corrected chi connectivity index (χ3v) is 7.38. The van der Waals surface area contributed by atoms with E-state index in [2.05, 4.69) is 27.1 Å². The molecule has 0 N–H and O–H groups in total. The maximum Gasteiger partial charge on any atom is 0.245 e. The van der Waals surface area contributed by atoms with E-state index < -0.39 is 10.0 Å². The lowest BCUT2D eigenvalue weighted by atomic mass is 10.2. The molecule has 8 nitrogen and oxygen atoms in total. The van der Waals surface area contributed by atoms with Gasteiger partial charge < -0.3 is 4.90 Å². The van der Waals surface area contributed by atoms with Crippen LogP contribution in [0.2, 0.25) is 0 Å². The molecule has 0 saturated carbocycles. The van der Waals surface area contributed by atoms with Gasteiger partial charge in [-0.3, -0.25) is 4.98 Å². The van der Waals surface area contributed by atoms with Crippen LogP contribution in [0.1, 0.15) is 30.8 Å². The highest BCUT2D eigenvalue weighted by molar-refractivity contribution is 7.89. The Morgan fingerprint density at radius 2 is 1.73 bits per heavy atom. The maximum atomic E-state index is 13.3. The molecule has 3 aromatic rings. The fraction of sp³-hybridized carbons (Fsp3) is 0.429. The first-order chi connectivity index (χ1) is 14.4. The quantitative estimate of drug-likeness (QED) is 0.618. The summed E-state index contributed by atoms with van der Waals surface area (Å²) >= 11 is 0. The second-order valence-corrected chi connectivity index (χ2v) is 9.35. The molecule has 0 spiro atoms. The van der Waals surface area contributed by atoms with Gasteiger partial charge in [0.15, 0.2) is 0 Å². The SMILES string of the molecule is CCc1nnc(N2CCN(S(=O)(=O)c3cccc4cc(C)cnc34)CC2)nc1CC. The van der Waals surface area contributed by atoms with Crippen molar-refractivity contribution in [2.24, 2.45) is 0 Å². The Balaban J connectivity index is 1.56.